The number of carbonyl (C=O) groups excluding carboxylic acids is 1. The normalized spacial score (nSPS) is 10.8. The summed E-state index contributed by atoms with van der Waals surface area (Å²) < 4.78 is 3.52. The van der Waals surface area contributed by atoms with Crippen molar-refractivity contribution in [2.75, 3.05) is 5.32 Å². The van der Waals surface area contributed by atoms with Crippen molar-refractivity contribution in [3.05, 3.63) is 39.9 Å². The maximum absolute atomic E-state index is 11.5. The van der Waals surface area contributed by atoms with Gasteiger partial charge in [-0.15, -0.1) is 0 Å². The lowest BCUT2D eigenvalue weighted by Gasteiger charge is -1.98. The van der Waals surface area contributed by atoms with Crippen LogP contribution >= 0.6 is 34.7 Å². The van der Waals surface area contributed by atoms with Crippen molar-refractivity contribution in [3.63, 3.8) is 0 Å². The summed E-state index contributed by atoms with van der Waals surface area (Å²) in [6.07, 6.45) is 2.93. The van der Waals surface area contributed by atoms with Crippen molar-refractivity contribution in [2.24, 2.45) is 0 Å². The zero-order valence-corrected chi connectivity index (χ0v) is 11.1. The molecule has 5 nitrogen and oxygen atoms in total. The number of rotatable bonds is 3. The van der Waals surface area contributed by atoms with Crippen LogP contribution in [-0.2, 0) is 4.79 Å². The van der Waals surface area contributed by atoms with Gasteiger partial charge in [-0.05, 0) is 29.0 Å². The summed E-state index contributed by atoms with van der Waals surface area (Å²) in [5, 5.41) is 10.8. The van der Waals surface area contributed by atoms with Crippen LogP contribution in [-0.4, -0.2) is 20.7 Å². The van der Waals surface area contributed by atoms with E-state index in [0.29, 0.717) is 20.7 Å². The summed E-state index contributed by atoms with van der Waals surface area (Å²) in [6.45, 7) is 0. The highest BCUT2D eigenvalue weighted by Crippen LogP contribution is 2.21. The third-order valence-corrected chi connectivity index (χ3v) is 2.98. The molecule has 92 valence electrons. The minimum Gasteiger partial charge on any atom is -0.296 e. The average Bonchev–Trinajstić information content (AvgIpc) is 2.80. The lowest BCUT2D eigenvalue weighted by Crippen LogP contribution is -2.07. The van der Waals surface area contributed by atoms with Gasteiger partial charge in [0.2, 0.25) is 11.0 Å². The van der Waals surface area contributed by atoms with E-state index in [1.807, 2.05) is 0 Å². The van der Waals surface area contributed by atoms with E-state index in [-0.39, 0.29) is 5.91 Å². The Morgan fingerprint density at radius 1 is 1.39 bits per heavy atom. The molecule has 0 bridgehead atoms. The molecule has 0 radical (unpaired) electrons. The molecule has 1 aromatic heterocycles. The summed E-state index contributed by atoms with van der Waals surface area (Å²) in [5.41, 5.74) is 0.701. The quantitative estimate of drug-likeness (QED) is 0.885. The Bertz CT molecular complexity index is 586. The molecule has 0 saturated carbocycles. The highest BCUT2D eigenvalue weighted by molar-refractivity contribution is 7.09. The molecule has 1 amide bonds. The maximum Gasteiger partial charge on any atom is 0.250 e. The SMILES string of the molecule is O=C(/C=C/c1ccc(Cl)cc1Cl)Nc1nnns1. The van der Waals surface area contributed by atoms with Crippen LogP contribution in [0.3, 0.4) is 0 Å². The van der Waals surface area contributed by atoms with Crippen LogP contribution < -0.4 is 5.32 Å². The van der Waals surface area contributed by atoms with E-state index in [1.54, 1.807) is 24.3 Å². The van der Waals surface area contributed by atoms with E-state index in [0.717, 1.165) is 11.5 Å². The van der Waals surface area contributed by atoms with Crippen LogP contribution in [0.4, 0.5) is 5.13 Å². The van der Waals surface area contributed by atoms with Gasteiger partial charge in [0, 0.05) is 27.7 Å². The number of aromatic nitrogens is 3. The molecule has 0 aliphatic rings. The van der Waals surface area contributed by atoms with Crippen LogP contribution in [0.2, 0.25) is 10.0 Å². The number of nitrogens with one attached hydrogen (secondary N) is 1. The minimum absolute atomic E-state index is 0.334. The van der Waals surface area contributed by atoms with Crippen molar-refractivity contribution in [2.45, 2.75) is 0 Å². The molecular weight excluding hydrogens is 295 g/mol. The molecule has 0 atom stereocenters. The second-order valence-corrected chi connectivity index (χ2v) is 4.73. The van der Waals surface area contributed by atoms with Gasteiger partial charge in [-0.3, -0.25) is 10.1 Å². The number of benzene rings is 1. The zero-order chi connectivity index (χ0) is 13.0. The molecule has 0 aliphatic heterocycles. The number of anilines is 1. The van der Waals surface area contributed by atoms with Crippen molar-refractivity contribution in [1.29, 1.82) is 0 Å². The van der Waals surface area contributed by atoms with Gasteiger partial charge in [0.05, 0.1) is 0 Å². The molecule has 0 aliphatic carbocycles. The van der Waals surface area contributed by atoms with Crippen molar-refractivity contribution >= 4 is 51.8 Å². The molecule has 8 heteroatoms. The predicted molar refractivity (Wildman–Crippen MR) is 71.8 cm³/mol. The van der Waals surface area contributed by atoms with Crippen molar-refractivity contribution in [3.8, 4) is 0 Å². The minimum atomic E-state index is -0.334. The van der Waals surface area contributed by atoms with E-state index in [1.165, 1.54) is 6.08 Å². The van der Waals surface area contributed by atoms with E-state index in [9.17, 15) is 4.79 Å². The van der Waals surface area contributed by atoms with Gasteiger partial charge >= 0.3 is 0 Å². The van der Waals surface area contributed by atoms with Crippen molar-refractivity contribution in [1.82, 2.24) is 14.8 Å². The van der Waals surface area contributed by atoms with Gasteiger partial charge in [-0.25, -0.2) is 0 Å². The molecule has 0 spiro atoms. The number of hydrogen-bond donors (Lipinski definition) is 1. The van der Waals surface area contributed by atoms with Crippen LogP contribution in [0.5, 0.6) is 0 Å². The second-order valence-electron chi connectivity index (χ2n) is 3.16. The summed E-state index contributed by atoms with van der Waals surface area (Å²) >= 11 is 12.7. The Labute approximate surface area is 117 Å². The molecular formula is C10H6Cl2N4OS. The standard InChI is InChI=1S/C10H6Cl2N4OS/c11-7-3-1-6(8(12)5-7)2-4-9(17)13-10-14-15-16-18-10/h1-5H,(H,13,14,16,17)/b4-2+. The van der Waals surface area contributed by atoms with Gasteiger partial charge in [0.1, 0.15) is 0 Å². The predicted octanol–water partition coefficient (Wildman–Crippen LogP) is 2.89. The monoisotopic (exact) mass is 300 g/mol. The summed E-state index contributed by atoms with van der Waals surface area (Å²) in [7, 11) is 0. The van der Waals surface area contributed by atoms with E-state index in [4.69, 9.17) is 23.2 Å². The Hall–Kier alpha value is -1.50. The number of hydrogen-bond acceptors (Lipinski definition) is 5. The third-order valence-electron chi connectivity index (χ3n) is 1.91. The molecule has 1 aromatic carbocycles. The van der Waals surface area contributed by atoms with Gasteiger partial charge in [-0.1, -0.05) is 38.9 Å². The number of amides is 1. The molecule has 2 aromatic rings. The number of nitrogens with zero attached hydrogens (tertiary/aromatic N) is 3. The van der Waals surface area contributed by atoms with Crippen molar-refractivity contribution < 1.29 is 4.79 Å². The highest BCUT2D eigenvalue weighted by Gasteiger charge is 2.02. The van der Waals surface area contributed by atoms with Gasteiger partial charge in [0.25, 0.3) is 0 Å². The molecule has 0 unspecified atom stereocenters. The smallest absolute Gasteiger partial charge is 0.250 e. The lowest BCUT2D eigenvalue weighted by molar-refractivity contribution is -0.111. The average molecular weight is 301 g/mol. The van der Waals surface area contributed by atoms with Crippen LogP contribution in [0.15, 0.2) is 24.3 Å². The fourth-order valence-corrected chi connectivity index (χ4v) is 1.97. The second kappa shape index (κ2) is 5.90. The summed E-state index contributed by atoms with van der Waals surface area (Å²) in [6, 6.07) is 5.02. The van der Waals surface area contributed by atoms with E-state index >= 15 is 0 Å². The highest BCUT2D eigenvalue weighted by atomic mass is 35.5. The molecule has 18 heavy (non-hydrogen) atoms. The summed E-state index contributed by atoms with van der Waals surface area (Å²) in [5.74, 6) is -0.334. The third kappa shape index (κ3) is 3.49. The molecule has 2 rings (SSSR count). The van der Waals surface area contributed by atoms with Gasteiger partial charge < -0.3 is 0 Å². The maximum atomic E-state index is 11.5. The first-order valence-corrected chi connectivity index (χ1v) is 6.27. The van der Waals surface area contributed by atoms with Crippen LogP contribution in [0.1, 0.15) is 5.56 Å². The van der Waals surface area contributed by atoms with E-state index < -0.39 is 0 Å². The largest absolute Gasteiger partial charge is 0.296 e. The fourth-order valence-electron chi connectivity index (χ4n) is 1.13. The first-order valence-electron chi connectivity index (χ1n) is 4.74. The summed E-state index contributed by atoms with van der Waals surface area (Å²) in [4.78, 5) is 11.5. The van der Waals surface area contributed by atoms with Crippen LogP contribution in [0, 0.1) is 0 Å². The molecule has 1 heterocycles. The fraction of sp³-hybridized carbons (Fsp3) is 0. The Balaban J connectivity index is 2.04. The Morgan fingerprint density at radius 3 is 2.89 bits per heavy atom. The number of halogens is 2. The first-order chi connectivity index (χ1) is 8.65. The zero-order valence-electron chi connectivity index (χ0n) is 8.80. The van der Waals surface area contributed by atoms with Crippen LogP contribution in [0.25, 0.3) is 6.08 Å². The van der Waals surface area contributed by atoms with Gasteiger partial charge in [0.15, 0.2) is 0 Å². The number of carbonyl (C=O) groups is 1. The topological polar surface area (TPSA) is 67.8 Å². The van der Waals surface area contributed by atoms with E-state index in [2.05, 4.69) is 20.1 Å². The molecule has 0 saturated heterocycles. The first kappa shape index (κ1) is 12.9. The molecule has 1 N–H and O–H groups in total. The lowest BCUT2D eigenvalue weighted by atomic mass is 10.2. The van der Waals surface area contributed by atoms with Gasteiger partial charge in [-0.2, -0.15) is 0 Å². The molecule has 0 fully saturated rings. The Kier molecular flexibility index (Phi) is 4.24. The Morgan fingerprint density at radius 2 is 2.22 bits per heavy atom.